The summed E-state index contributed by atoms with van der Waals surface area (Å²) < 4.78 is 19.7. The molecule has 0 unspecified atom stereocenters. The standard InChI is InChI=1S/C24H29FN4O2/c1-3-28(4-2)13-14-31-23-8-6-5-7-22(23)27-24(30)29-12-11-21-19(16-29)18-15-17(25)9-10-20(18)26-21/h5-10,15,26H,3-4,11-14,16H2,1-2H3,(H,27,30). The van der Waals surface area contributed by atoms with E-state index in [0.29, 0.717) is 37.6 Å². The summed E-state index contributed by atoms with van der Waals surface area (Å²) in [5.74, 6) is 0.390. The summed E-state index contributed by atoms with van der Waals surface area (Å²) in [6.07, 6.45) is 0.709. The number of amides is 2. The number of nitrogens with zero attached hydrogens (tertiary/aromatic N) is 2. The number of fused-ring (bicyclic) bond motifs is 3. The number of aromatic amines is 1. The second-order valence-corrected chi connectivity index (χ2v) is 7.75. The van der Waals surface area contributed by atoms with E-state index in [4.69, 9.17) is 4.74 Å². The van der Waals surface area contributed by atoms with Gasteiger partial charge in [0.1, 0.15) is 18.2 Å². The van der Waals surface area contributed by atoms with Crippen molar-refractivity contribution in [2.24, 2.45) is 0 Å². The van der Waals surface area contributed by atoms with Crippen LogP contribution in [-0.2, 0) is 13.0 Å². The number of rotatable bonds is 7. The Morgan fingerprint density at radius 3 is 2.84 bits per heavy atom. The largest absolute Gasteiger partial charge is 0.490 e. The molecule has 2 aromatic carbocycles. The molecule has 0 spiro atoms. The Kier molecular flexibility index (Phi) is 6.42. The van der Waals surface area contributed by atoms with Crippen LogP contribution in [0.2, 0.25) is 0 Å². The molecule has 1 aliphatic rings. The first-order valence-corrected chi connectivity index (χ1v) is 10.9. The second kappa shape index (κ2) is 9.39. The van der Waals surface area contributed by atoms with Crippen molar-refractivity contribution in [3.05, 3.63) is 59.5 Å². The quantitative estimate of drug-likeness (QED) is 0.582. The Morgan fingerprint density at radius 1 is 1.23 bits per heavy atom. The highest BCUT2D eigenvalue weighted by atomic mass is 19.1. The lowest BCUT2D eigenvalue weighted by Crippen LogP contribution is -2.38. The Morgan fingerprint density at radius 2 is 2.03 bits per heavy atom. The molecule has 0 atom stereocenters. The van der Waals surface area contributed by atoms with Crippen molar-refractivity contribution < 1.29 is 13.9 Å². The van der Waals surface area contributed by atoms with Gasteiger partial charge >= 0.3 is 6.03 Å². The van der Waals surface area contributed by atoms with Gasteiger partial charge in [-0.3, -0.25) is 0 Å². The van der Waals surface area contributed by atoms with Crippen molar-refractivity contribution in [1.29, 1.82) is 0 Å². The van der Waals surface area contributed by atoms with Crippen LogP contribution in [0.15, 0.2) is 42.5 Å². The summed E-state index contributed by atoms with van der Waals surface area (Å²) in [5.41, 5.74) is 3.62. The molecule has 7 heteroatoms. The summed E-state index contributed by atoms with van der Waals surface area (Å²) in [6, 6.07) is 12.0. The third-order valence-electron chi connectivity index (χ3n) is 5.91. The normalized spacial score (nSPS) is 13.5. The zero-order valence-corrected chi connectivity index (χ0v) is 18.1. The van der Waals surface area contributed by atoms with Crippen molar-refractivity contribution >= 4 is 22.6 Å². The number of ether oxygens (including phenoxy) is 1. The number of likely N-dealkylation sites (N-methyl/N-ethyl adjacent to an activating group) is 1. The van der Waals surface area contributed by atoms with Crippen LogP contribution in [0.5, 0.6) is 5.75 Å². The number of nitrogens with one attached hydrogen (secondary N) is 2. The van der Waals surface area contributed by atoms with Crippen LogP contribution < -0.4 is 10.1 Å². The molecule has 31 heavy (non-hydrogen) atoms. The van der Waals surface area contributed by atoms with E-state index >= 15 is 0 Å². The van der Waals surface area contributed by atoms with Crippen LogP contribution in [-0.4, -0.2) is 53.6 Å². The SMILES string of the molecule is CCN(CC)CCOc1ccccc1NC(=O)N1CCc2[nH]c3ccc(F)cc3c2C1. The predicted octanol–water partition coefficient (Wildman–Crippen LogP) is 4.62. The molecule has 0 bridgehead atoms. The van der Waals surface area contributed by atoms with Crippen molar-refractivity contribution in [3.63, 3.8) is 0 Å². The molecule has 1 aromatic heterocycles. The fourth-order valence-electron chi connectivity index (χ4n) is 4.07. The van der Waals surface area contributed by atoms with E-state index in [1.165, 1.54) is 12.1 Å². The topological polar surface area (TPSA) is 60.6 Å². The van der Waals surface area contributed by atoms with Crippen LogP contribution in [0.4, 0.5) is 14.9 Å². The third-order valence-corrected chi connectivity index (χ3v) is 5.91. The summed E-state index contributed by atoms with van der Waals surface area (Å²) in [5, 5.41) is 3.83. The molecule has 6 nitrogen and oxygen atoms in total. The fourth-order valence-corrected chi connectivity index (χ4v) is 4.07. The first kappa shape index (κ1) is 21.2. The molecule has 164 valence electrons. The Labute approximate surface area is 182 Å². The van der Waals surface area contributed by atoms with Gasteiger partial charge in [0, 0.05) is 48.2 Å². The minimum Gasteiger partial charge on any atom is -0.490 e. The van der Waals surface area contributed by atoms with E-state index in [1.807, 2.05) is 24.3 Å². The summed E-state index contributed by atoms with van der Waals surface area (Å²) >= 11 is 0. The van der Waals surface area contributed by atoms with E-state index in [9.17, 15) is 9.18 Å². The maximum Gasteiger partial charge on any atom is 0.322 e. The number of carbonyl (C=O) groups excluding carboxylic acids is 1. The monoisotopic (exact) mass is 424 g/mol. The lowest BCUT2D eigenvalue weighted by Gasteiger charge is -2.28. The highest BCUT2D eigenvalue weighted by Gasteiger charge is 2.25. The Balaban J connectivity index is 1.44. The maximum atomic E-state index is 13.7. The van der Waals surface area contributed by atoms with Crippen LogP contribution in [0, 0.1) is 5.82 Å². The summed E-state index contributed by atoms with van der Waals surface area (Å²) in [6.45, 7) is 8.64. The molecule has 3 aromatic rings. The molecule has 2 heterocycles. The van der Waals surface area contributed by atoms with Crippen LogP contribution in [0.25, 0.3) is 10.9 Å². The van der Waals surface area contributed by atoms with Gasteiger partial charge in [0.25, 0.3) is 0 Å². The highest BCUT2D eigenvalue weighted by Crippen LogP contribution is 2.29. The van der Waals surface area contributed by atoms with Crippen molar-refractivity contribution in [3.8, 4) is 5.75 Å². The lowest BCUT2D eigenvalue weighted by molar-refractivity contribution is 0.205. The zero-order valence-electron chi connectivity index (χ0n) is 18.1. The van der Waals surface area contributed by atoms with Crippen LogP contribution in [0.1, 0.15) is 25.1 Å². The number of hydrogen-bond donors (Lipinski definition) is 2. The predicted molar refractivity (Wildman–Crippen MR) is 121 cm³/mol. The molecule has 0 radical (unpaired) electrons. The Bertz CT molecular complexity index is 1060. The third kappa shape index (κ3) is 4.66. The van der Waals surface area contributed by atoms with Gasteiger partial charge in [-0.15, -0.1) is 0 Å². The lowest BCUT2D eigenvalue weighted by atomic mass is 10.0. The molecule has 0 saturated carbocycles. The summed E-state index contributed by atoms with van der Waals surface area (Å²) in [4.78, 5) is 20.4. The molecule has 0 fully saturated rings. The number of benzene rings is 2. The highest BCUT2D eigenvalue weighted by molar-refractivity contribution is 5.92. The molecular formula is C24H29FN4O2. The minimum atomic E-state index is -0.272. The number of carbonyl (C=O) groups is 1. The molecule has 0 saturated heterocycles. The first-order chi connectivity index (χ1) is 15.1. The van der Waals surface area contributed by atoms with E-state index in [0.717, 1.165) is 41.8 Å². The molecule has 2 amide bonds. The first-order valence-electron chi connectivity index (χ1n) is 10.9. The molecule has 0 aliphatic carbocycles. The van der Waals surface area contributed by atoms with E-state index in [-0.39, 0.29) is 11.8 Å². The number of anilines is 1. The van der Waals surface area contributed by atoms with Crippen molar-refractivity contribution in [2.45, 2.75) is 26.8 Å². The Hall–Kier alpha value is -3.06. The van der Waals surface area contributed by atoms with E-state index < -0.39 is 0 Å². The van der Waals surface area contributed by atoms with Gasteiger partial charge in [0.2, 0.25) is 0 Å². The number of para-hydroxylation sites is 2. The summed E-state index contributed by atoms with van der Waals surface area (Å²) in [7, 11) is 0. The number of hydrogen-bond acceptors (Lipinski definition) is 3. The van der Waals surface area contributed by atoms with Crippen LogP contribution >= 0.6 is 0 Å². The van der Waals surface area contributed by atoms with Gasteiger partial charge < -0.3 is 24.8 Å². The van der Waals surface area contributed by atoms with Gasteiger partial charge in [-0.1, -0.05) is 26.0 Å². The van der Waals surface area contributed by atoms with Gasteiger partial charge in [0.05, 0.1) is 5.69 Å². The molecule has 4 rings (SSSR count). The average molecular weight is 425 g/mol. The van der Waals surface area contributed by atoms with E-state index in [1.54, 1.807) is 11.0 Å². The van der Waals surface area contributed by atoms with Gasteiger partial charge in [0.15, 0.2) is 0 Å². The number of urea groups is 1. The maximum absolute atomic E-state index is 13.7. The van der Waals surface area contributed by atoms with E-state index in [2.05, 4.69) is 29.0 Å². The second-order valence-electron chi connectivity index (χ2n) is 7.75. The minimum absolute atomic E-state index is 0.184. The average Bonchev–Trinajstić information content (AvgIpc) is 3.15. The zero-order chi connectivity index (χ0) is 21.8. The van der Waals surface area contributed by atoms with Gasteiger partial charge in [-0.2, -0.15) is 0 Å². The molecule has 2 N–H and O–H groups in total. The van der Waals surface area contributed by atoms with Crippen LogP contribution in [0.3, 0.4) is 0 Å². The van der Waals surface area contributed by atoms with Gasteiger partial charge in [-0.05, 0) is 43.4 Å². The van der Waals surface area contributed by atoms with Crippen molar-refractivity contribution in [1.82, 2.24) is 14.8 Å². The fraction of sp³-hybridized carbons (Fsp3) is 0.375. The number of aromatic nitrogens is 1. The number of H-pyrrole nitrogens is 1. The number of halogens is 1. The smallest absolute Gasteiger partial charge is 0.322 e. The van der Waals surface area contributed by atoms with Crippen molar-refractivity contribution in [2.75, 3.05) is 38.1 Å². The molecule has 1 aliphatic heterocycles. The van der Waals surface area contributed by atoms with Gasteiger partial charge in [-0.25, -0.2) is 9.18 Å². The molecular weight excluding hydrogens is 395 g/mol.